The van der Waals surface area contributed by atoms with Crippen LogP contribution in [0.15, 0.2) is 12.1 Å². The summed E-state index contributed by atoms with van der Waals surface area (Å²) in [6.45, 7) is 2.07. The molecule has 0 heterocycles. The minimum absolute atomic E-state index is 0.0921. The Bertz CT molecular complexity index is 383. The van der Waals surface area contributed by atoms with Crippen LogP contribution in [0.5, 0.6) is 0 Å². The van der Waals surface area contributed by atoms with Crippen LogP contribution in [0.1, 0.15) is 32.6 Å². The van der Waals surface area contributed by atoms with E-state index in [2.05, 4.69) is 12.2 Å². The van der Waals surface area contributed by atoms with Gasteiger partial charge >= 0.3 is 0 Å². The highest BCUT2D eigenvalue weighted by Crippen LogP contribution is 2.32. The standard InChI is InChI=1S/C13H16F3N/c1-2-8-4-3-5-12(8)17-13-10(15)6-9(14)7-11(13)16/h6-8,12,17H,2-5H2,1H3. The molecule has 0 spiro atoms. The quantitative estimate of drug-likeness (QED) is 0.843. The fourth-order valence-corrected chi connectivity index (χ4v) is 2.58. The van der Waals surface area contributed by atoms with E-state index in [1.807, 2.05) is 0 Å². The van der Waals surface area contributed by atoms with E-state index < -0.39 is 17.5 Å². The number of nitrogens with one attached hydrogen (secondary N) is 1. The number of benzene rings is 1. The predicted molar refractivity (Wildman–Crippen MR) is 61.4 cm³/mol. The average Bonchev–Trinajstić information content (AvgIpc) is 2.70. The van der Waals surface area contributed by atoms with Crippen LogP contribution < -0.4 is 5.32 Å². The molecule has 4 heteroatoms. The van der Waals surface area contributed by atoms with Crippen molar-refractivity contribution in [1.82, 2.24) is 0 Å². The fourth-order valence-electron chi connectivity index (χ4n) is 2.58. The largest absolute Gasteiger partial charge is 0.377 e. The van der Waals surface area contributed by atoms with Gasteiger partial charge in [-0.15, -0.1) is 0 Å². The molecule has 1 aromatic carbocycles. The van der Waals surface area contributed by atoms with Crippen LogP contribution in [0.25, 0.3) is 0 Å². The molecule has 1 saturated carbocycles. The van der Waals surface area contributed by atoms with Crippen molar-refractivity contribution in [2.45, 2.75) is 38.6 Å². The van der Waals surface area contributed by atoms with Gasteiger partial charge in [0.15, 0.2) is 11.6 Å². The smallest absolute Gasteiger partial charge is 0.152 e. The minimum Gasteiger partial charge on any atom is -0.377 e. The van der Waals surface area contributed by atoms with E-state index in [9.17, 15) is 13.2 Å². The lowest BCUT2D eigenvalue weighted by atomic mass is 10.0. The van der Waals surface area contributed by atoms with Crippen LogP contribution in [-0.2, 0) is 0 Å². The Hall–Kier alpha value is -1.19. The molecule has 2 unspecified atom stereocenters. The van der Waals surface area contributed by atoms with Gasteiger partial charge in [-0.2, -0.15) is 0 Å². The Labute approximate surface area is 99.0 Å². The summed E-state index contributed by atoms with van der Waals surface area (Å²) in [5.74, 6) is -2.16. The van der Waals surface area contributed by atoms with Gasteiger partial charge in [0.2, 0.25) is 0 Å². The van der Waals surface area contributed by atoms with Crippen LogP contribution in [0.2, 0.25) is 0 Å². The van der Waals surface area contributed by atoms with Crippen LogP contribution in [-0.4, -0.2) is 6.04 Å². The molecule has 0 aliphatic heterocycles. The second kappa shape index (κ2) is 4.98. The summed E-state index contributed by atoms with van der Waals surface area (Å²) in [6, 6.07) is 1.51. The van der Waals surface area contributed by atoms with Gasteiger partial charge in [0.25, 0.3) is 0 Å². The highest BCUT2D eigenvalue weighted by molar-refractivity contribution is 5.47. The number of halogens is 3. The third kappa shape index (κ3) is 2.56. The molecule has 0 amide bonds. The van der Waals surface area contributed by atoms with E-state index in [1.54, 1.807) is 0 Å². The van der Waals surface area contributed by atoms with Crippen molar-refractivity contribution in [1.29, 1.82) is 0 Å². The molecule has 0 radical (unpaired) electrons. The molecule has 1 fully saturated rings. The topological polar surface area (TPSA) is 12.0 Å². The van der Waals surface area contributed by atoms with E-state index in [0.29, 0.717) is 18.1 Å². The molecular weight excluding hydrogens is 227 g/mol. The molecule has 1 nitrogen and oxygen atoms in total. The summed E-state index contributed by atoms with van der Waals surface area (Å²) in [5.41, 5.74) is -0.197. The SMILES string of the molecule is CCC1CCCC1Nc1c(F)cc(F)cc1F. The van der Waals surface area contributed by atoms with Crippen molar-refractivity contribution < 1.29 is 13.2 Å². The lowest BCUT2D eigenvalue weighted by Crippen LogP contribution is -2.24. The summed E-state index contributed by atoms with van der Waals surface area (Å²) in [4.78, 5) is 0. The zero-order chi connectivity index (χ0) is 12.4. The highest BCUT2D eigenvalue weighted by atomic mass is 19.1. The van der Waals surface area contributed by atoms with Crippen LogP contribution in [0, 0.1) is 23.4 Å². The lowest BCUT2D eigenvalue weighted by Gasteiger charge is -2.21. The molecule has 1 aromatic rings. The van der Waals surface area contributed by atoms with Crippen molar-refractivity contribution in [2.75, 3.05) is 5.32 Å². The fraction of sp³-hybridized carbons (Fsp3) is 0.538. The van der Waals surface area contributed by atoms with E-state index in [1.165, 1.54) is 0 Å². The first-order valence-corrected chi connectivity index (χ1v) is 6.03. The zero-order valence-electron chi connectivity index (χ0n) is 9.77. The number of anilines is 1. The van der Waals surface area contributed by atoms with Gasteiger partial charge < -0.3 is 5.32 Å². The van der Waals surface area contributed by atoms with Gasteiger partial charge in [0, 0.05) is 18.2 Å². The maximum Gasteiger partial charge on any atom is 0.152 e. The van der Waals surface area contributed by atoms with E-state index >= 15 is 0 Å². The van der Waals surface area contributed by atoms with E-state index in [0.717, 1.165) is 25.7 Å². The van der Waals surface area contributed by atoms with Gasteiger partial charge in [0.1, 0.15) is 11.5 Å². The normalized spacial score (nSPS) is 24.0. The molecule has 0 saturated heterocycles. The van der Waals surface area contributed by atoms with E-state index in [-0.39, 0.29) is 11.7 Å². The monoisotopic (exact) mass is 243 g/mol. The molecule has 1 aliphatic rings. The average molecular weight is 243 g/mol. The molecule has 17 heavy (non-hydrogen) atoms. The molecule has 94 valence electrons. The molecular formula is C13H16F3N. The second-order valence-electron chi connectivity index (χ2n) is 4.59. The first kappa shape index (κ1) is 12.3. The summed E-state index contributed by atoms with van der Waals surface area (Å²) in [5, 5.41) is 2.89. The summed E-state index contributed by atoms with van der Waals surface area (Å²) in [7, 11) is 0. The Kier molecular flexibility index (Phi) is 3.60. The van der Waals surface area contributed by atoms with Crippen molar-refractivity contribution in [3.05, 3.63) is 29.6 Å². The third-order valence-electron chi connectivity index (χ3n) is 3.52. The van der Waals surface area contributed by atoms with Crippen molar-refractivity contribution >= 4 is 5.69 Å². The molecule has 2 rings (SSSR count). The van der Waals surface area contributed by atoms with E-state index in [4.69, 9.17) is 0 Å². The molecule has 0 bridgehead atoms. The maximum atomic E-state index is 13.5. The first-order valence-electron chi connectivity index (χ1n) is 6.03. The van der Waals surface area contributed by atoms with Gasteiger partial charge in [-0.1, -0.05) is 19.8 Å². The highest BCUT2D eigenvalue weighted by Gasteiger charge is 2.27. The number of rotatable bonds is 3. The third-order valence-corrected chi connectivity index (χ3v) is 3.52. The summed E-state index contributed by atoms with van der Waals surface area (Å²) >= 11 is 0. The Morgan fingerprint density at radius 2 is 1.82 bits per heavy atom. The van der Waals surface area contributed by atoms with Crippen LogP contribution >= 0.6 is 0 Å². The van der Waals surface area contributed by atoms with Crippen molar-refractivity contribution in [2.24, 2.45) is 5.92 Å². The number of hydrogen-bond acceptors (Lipinski definition) is 1. The van der Waals surface area contributed by atoms with Crippen LogP contribution in [0.3, 0.4) is 0 Å². The molecule has 1 N–H and O–H groups in total. The Morgan fingerprint density at radius 3 is 2.41 bits per heavy atom. The van der Waals surface area contributed by atoms with Crippen LogP contribution in [0.4, 0.5) is 18.9 Å². The van der Waals surface area contributed by atoms with Gasteiger partial charge in [-0.3, -0.25) is 0 Å². The zero-order valence-corrected chi connectivity index (χ0v) is 9.77. The lowest BCUT2D eigenvalue weighted by molar-refractivity contribution is 0.480. The predicted octanol–water partition coefficient (Wildman–Crippen LogP) is 4.09. The maximum absolute atomic E-state index is 13.5. The molecule has 2 atom stereocenters. The molecule has 0 aromatic heterocycles. The van der Waals surface area contributed by atoms with Gasteiger partial charge in [-0.25, -0.2) is 13.2 Å². The second-order valence-corrected chi connectivity index (χ2v) is 4.59. The van der Waals surface area contributed by atoms with Crippen molar-refractivity contribution in [3.63, 3.8) is 0 Å². The van der Waals surface area contributed by atoms with Gasteiger partial charge in [-0.05, 0) is 18.8 Å². The van der Waals surface area contributed by atoms with Crippen molar-refractivity contribution in [3.8, 4) is 0 Å². The number of hydrogen-bond donors (Lipinski definition) is 1. The first-order chi connectivity index (χ1) is 8.11. The summed E-state index contributed by atoms with van der Waals surface area (Å²) < 4.78 is 39.7. The van der Waals surface area contributed by atoms with Gasteiger partial charge in [0.05, 0.1) is 0 Å². The summed E-state index contributed by atoms with van der Waals surface area (Å²) in [6.07, 6.45) is 4.05. The minimum atomic E-state index is -0.885. The molecule has 1 aliphatic carbocycles. The Morgan fingerprint density at radius 1 is 1.18 bits per heavy atom. The Balaban J connectivity index is 2.18.